The number of nitrogens with zero attached hydrogens (tertiary/aromatic N) is 1. The molecule has 2 fully saturated rings. The number of rotatable bonds is 1. The number of hydrogen-bond acceptors (Lipinski definition) is 4. The fourth-order valence-electron chi connectivity index (χ4n) is 2.18. The minimum Gasteiger partial charge on any atom is -0.388 e. The molecule has 1 aliphatic heterocycles. The first-order valence-corrected chi connectivity index (χ1v) is 5.23. The monoisotopic (exact) mass is 224 g/mol. The average molecular weight is 224 g/mol. The lowest BCUT2D eigenvalue weighted by molar-refractivity contribution is -0.0463. The summed E-state index contributed by atoms with van der Waals surface area (Å²) in [4.78, 5) is 24.9. The second-order valence-corrected chi connectivity index (χ2v) is 4.43. The van der Waals surface area contributed by atoms with Gasteiger partial charge in [-0.3, -0.25) is 14.3 Å². The lowest BCUT2D eigenvalue weighted by Gasteiger charge is -2.19. The number of aliphatic hydroxyl groups excluding tert-OH is 1. The van der Waals surface area contributed by atoms with Crippen molar-refractivity contribution in [2.45, 2.75) is 31.8 Å². The SMILES string of the molecule is Cc1cn([C@@H]2OC3C[C@H]3[C@H]2O)c(=O)[nH]c1=O. The molecule has 2 N–H and O–H groups in total. The van der Waals surface area contributed by atoms with Gasteiger partial charge in [0, 0.05) is 17.7 Å². The summed E-state index contributed by atoms with van der Waals surface area (Å²) >= 11 is 0. The zero-order valence-electron chi connectivity index (χ0n) is 8.71. The number of aromatic nitrogens is 2. The van der Waals surface area contributed by atoms with Crippen molar-refractivity contribution >= 4 is 0 Å². The molecule has 1 aromatic heterocycles. The maximum absolute atomic E-state index is 11.6. The number of nitrogens with one attached hydrogen (secondary N) is 1. The molecule has 3 rings (SSSR count). The van der Waals surface area contributed by atoms with Crippen molar-refractivity contribution < 1.29 is 9.84 Å². The van der Waals surface area contributed by atoms with Crippen molar-refractivity contribution in [3.8, 4) is 0 Å². The molecule has 4 atom stereocenters. The van der Waals surface area contributed by atoms with Crippen molar-refractivity contribution in [2.75, 3.05) is 0 Å². The number of ether oxygens (including phenoxy) is 1. The summed E-state index contributed by atoms with van der Waals surface area (Å²) in [6.07, 6.45) is 1.04. The van der Waals surface area contributed by atoms with Gasteiger partial charge in [0.05, 0.1) is 6.10 Å². The van der Waals surface area contributed by atoms with Gasteiger partial charge in [0.25, 0.3) is 5.56 Å². The van der Waals surface area contributed by atoms with Gasteiger partial charge in [-0.25, -0.2) is 4.79 Å². The van der Waals surface area contributed by atoms with E-state index in [4.69, 9.17) is 4.74 Å². The molecule has 2 heterocycles. The number of aliphatic hydroxyl groups is 1. The molecule has 1 unspecified atom stereocenters. The molecule has 0 bridgehead atoms. The molecule has 6 nitrogen and oxygen atoms in total. The summed E-state index contributed by atoms with van der Waals surface area (Å²) in [5.41, 5.74) is -0.518. The van der Waals surface area contributed by atoms with Gasteiger partial charge in [-0.15, -0.1) is 0 Å². The average Bonchev–Trinajstić information content (AvgIpc) is 2.93. The fraction of sp³-hybridized carbons (Fsp3) is 0.600. The van der Waals surface area contributed by atoms with Crippen LogP contribution in [0.2, 0.25) is 0 Å². The Kier molecular flexibility index (Phi) is 1.87. The molecule has 86 valence electrons. The summed E-state index contributed by atoms with van der Waals surface area (Å²) in [7, 11) is 0. The normalized spacial score (nSPS) is 36.1. The smallest absolute Gasteiger partial charge is 0.330 e. The first-order valence-electron chi connectivity index (χ1n) is 5.23. The van der Waals surface area contributed by atoms with Crippen molar-refractivity contribution in [1.82, 2.24) is 9.55 Å². The first kappa shape index (κ1) is 9.80. The van der Waals surface area contributed by atoms with Crippen molar-refractivity contribution in [2.24, 2.45) is 5.92 Å². The van der Waals surface area contributed by atoms with E-state index in [0.29, 0.717) is 5.56 Å². The summed E-state index contributed by atoms with van der Waals surface area (Å²) < 4.78 is 6.76. The van der Waals surface area contributed by atoms with Crippen LogP contribution in [-0.4, -0.2) is 26.9 Å². The molecule has 1 aromatic rings. The highest BCUT2D eigenvalue weighted by Gasteiger charge is 2.55. The lowest BCUT2D eigenvalue weighted by Crippen LogP contribution is -2.37. The number of hydrogen-bond donors (Lipinski definition) is 2. The molecule has 0 spiro atoms. The third-order valence-electron chi connectivity index (χ3n) is 3.24. The van der Waals surface area contributed by atoms with Gasteiger partial charge in [0.1, 0.15) is 6.10 Å². The van der Waals surface area contributed by atoms with Gasteiger partial charge >= 0.3 is 5.69 Å². The van der Waals surface area contributed by atoms with Crippen molar-refractivity contribution in [1.29, 1.82) is 0 Å². The molecule has 1 saturated carbocycles. The Balaban J connectivity index is 2.04. The van der Waals surface area contributed by atoms with E-state index < -0.39 is 23.6 Å². The van der Waals surface area contributed by atoms with Gasteiger partial charge in [-0.2, -0.15) is 0 Å². The van der Waals surface area contributed by atoms with Crippen LogP contribution in [0.1, 0.15) is 18.2 Å². The number of aryl methyl sites for hydroxylation is 1. The van der Waals surface area contributed by atoms with E-state index in [9.17, 15) is 14.7 Å². The van der Waals surface area contributed by atoms with Gasteiger partial charge in [-0.05, 0) is 13.3 Å². The second kappa shape index (κ2) is 3.05. The first-order chi connectivity index (χ1) is 7.58. The van der Waals surface area contributed by atoms with E-state index in [2.05, 4.69) is 4.98 Å². The van der Waals surface area contributed by atoms with Crippen LogP contribution >= 0.6 is 0 Å². The molecule has 0 radical (unpaired) electrons. The second-order valence-electron chi connectivity index (χ2n) is 4.43. The van der Waals surface area contributed by atoms with Crippen LogP contribution in [0.5, 0.6) is 0 Å². The molecular weight excluding hydrogens is 212 g/mol. The molecule has 1 saturated heterocycles. The van der Waals surface area contributed by atoms with Crippen molar-refractivity contribution in [3.63, 3.8) is 0 Å². The Morgan fingerprint density at radius 3 is 2.94 bits per heavy atom. The Morgan fingerprint density at radius 2 is 2.31 bits per heavy atom. The summed E-state index contributed by atoms with van der Waals surface area (Å²) in [6, 6.07) is 0. The largest absolute Gasteiger partial charge is 0.388 e. The van der Waals surface area contributed by atoms with E-state index in [1.807, 2.05) is 0 Å². The lowest BCUT2D eigenvalue weighted by atomic mass is 10.2. The van der Waals surface area contributed by atoms with Crippen LogP contribution in [-0.2, 0) is 4.74 Å². The molecule has 0 aromatic carbocycles. The maximum atomic E-state index is 11.6. The van der Waals surface area contributed by atoms with E-state index >= 15 is 0 Å². The molecule has 1 aliphatic carbocycles. The zero-order valence-corrected chi connectivity index (χ0v) is 8.71. The number of H-pyrrole nitrogens is 1. The van der Waals surface area contributed by atoms with Crippen LogP contribution in [0.3, 0.4) is 0 Å². The van der Waals surface area contributed by atoms with E-state index in [1.54, 1.807) is 6.92 Å². The Labute approximate surface area is 90.5 Å². The quantitative estimate of drug-likeness (QED) is 0.649. The van der Waals surface area contributed by atoms with Gasteiger partial charge in [0.2, 0.25) is 0 Å². The highest BCUT2D eigenvalue weighted by molar-refractivity contribution is 5.06. The predicted molar refractivity (Wildman–Crippen MR) is 54.1 cm³/mol. The minimum atomic E-state index is -0.660. The highest BCUT2D eigenvalue weighted by Crippen LogP contribution is 2.49. The molecule has 6 heteroatoms. The third-order valence-corrected chi connectivity index (χ3v) is 3.24. The zero-order chi connectivity index (χ0) is 11.4. The van der Waals surface area contributed by atoms with Crippen LogP contribution < -0.4 is 11.2 Å². The van der Waals surface area contributed by atoms with E-state index in [0.717, 1.165) is 6.42 Å². The summed E-state index contributed by atoms with van der Waals surface area (Å²) in [5.74, 6) is 0.143. The number of fused-ring (bicyclic) bond motifs is 1. The maximum Gasteiger partial charge on any atom is 0.330 e. The van der Waals surface area contributed by atoms with Crippen LogP contribution in [0, 0.1) is 12.8 Å². The summed E-state index contributed by atoms with van der Waals surface area (Å²) in [6.45, 7) is 1.61. The molecular formula is C10H12N2O4. The Hall–Kier alpha value is -1.40. The Bertz CT molecular complexity index is 546. The topological polar surface area (TPSA) is 84.3 Å². The van der Waals surface area contributed by atoms with Gasteiger partial charge in [0.15, 0.2) is 6.23 Å². The van der Waals surface area contributed by atoms with Crippen molar-refractivity contribution in [3.05, 3.63) is 32.6 Å². The number of aromatic amines is 1. The highest BCUT2D eigenvalue weighted by atomic mass is 16.5. The van der Waals surface area contributed by atoms with Crippen LogP contribution in [0.15, 0.2) is 15.8 Å². The predicted octanol–water partition coefficient (Wildman–Crippen LogP) is -0.877. The standard InChI is InChI=1S/C10H12N2O4/c1-4-3-12(10(15)11-8(4)14)9-7(13)5-2-6(5)16-9/h3,5-7,9,13H,2H2,1H3,(H,11,14,15)/t5-,6?,7-,9-/m1/s1. The third kappa shape index (κ3) is 1.27. The summed E-state index contributed by atoms with van der Waals surface area (Å²) in [5, 5.41) is 9.86. The van der Waals surface area contributed by atoms with Crippen LogP contribution in [0.4, 0.5) is 0 Å². The minimum absolute atomic E-state index is 0.0686. The van der Waals surface area contributed by atoms with E-state index in [-0.39, 0.29) is 12.0 Å². The van der Waals surface area contributed by atoms with E-state index in [1.165, 1.54) is 10.8 Å². The Morgan fingerprint density at radius 1 is 1.56 bits per heavy atom. The molecule has 0 amide bonds. The van der Waals surface area contributed by atoms with Gasteiger partial charge < -0.3 is 9.84 Å². The molecule has 16 heavy (non-hydrogen) atoms. The molecule has 2 aliphatic rings. The van der Waals surface area contributed by atoms with Gasteiger partial charge in [-0.1, -0.05) is 0 Å². The fourth-order valence-corrected chi connectivity index (χ4v) is 2.18. The van der Waals surface area contributed by atoms with Crippen LogP contribution in [0.25, 0.3) is 0 Å².